The SMILES string of the molecule is CCC(CC)n1c(COc2ccccc2Cl)nnc1SCC(=O)Nc1ccc(N(C)C)cc1. The van der Waals surface area contributed by atoms with Crippen LogP contribution in [0.4, 0.5) is 11.4 Å². The molecular weight excluding hydrogens is 458 g/mol. The fourth-order valence-corrected chi connectivity index (χ4v) is 4.41. The molecule has 0 saturated heterocycles. The smallest absolute Gasteiger partial charge is 0.234 e. The van der Waals surface area contributed by atoms with E-state index in [2.05, 4.69) is 33.9 Å². The van der Waals surface area contributed by atoms with E-state index < -0.39 is 0 Å². The summed E-state index contributed by atoms with van der Waals surface area (Å²) < 4.78 is 7.98. The summed E-state index contributed by atoms with van der Waals surface area (Å²) >= 11 is 7.58. The molecule has 0 saturated carbocycles. The van der Waals surface area contributed by atoms with Gasteiger partial charge in [0.15, 0.2) is 11.0 Å². The number of amides is 1. The van der Waals surface area contributed by atoms with Crippen molar-refractivity contribution in [3.8, 4) is 5.75 Å². The summed E-state index contributed by atoms with van der Waals surface area (Å²) in [6.07, 6.45) is 1.84. The molecular formula is C24H30ClN5O2S. The quantitative estimate of drug-likeness (QED) is 0.351. The zero-order valence-electron chi connectivity index (χ0n) is 19.4. The molecule has 0 fully saturated rings. The molecule has 176 valence electrons. The molecule has 0 aliphatic rings. The van der Waals surface area contributed by atoms with Gasteiger partial charge in [0.05, 0.1) is 10.8 Å². The lowest BCUT2D eigenvalue weighted by Crippen LogP contribution is -2.17. The molecule has 0 atom stereocenters. The standard InChI is InChI=1S/C24H30ClN5O2S/c1-5-18(6-2)30-22(15-32-21-10-8-7-9-20(21)25)27-28-24(30)33-16-23(31)26-17-11-13-19(14-12-17)29(3)4/h7-14,18H,5-6,15-16H2,1-4H3,(H,26,31). The monoisotopic (exact) mass is 487 g/mol. The number of rotatable bonds is 11. The first-order chi connectivity index (χ1) is 15.9. The third kappa shape index (κ3) is 6.65. The Morgan fingerprint density at radius 1 is 1.12 bits per heavy atom. The number of nitrogens with one attached hydrogen (secondary N) is 1. The van der Waals surface area contributed by atoms with Gasteiger partial charge < -0.3 is 19.5 Å². The maximum atomic E-state index is 12.5. The third-order valence-corrected chi connectivity index (χ3v) is 6.49. The van der Waals surface area contributed by atoms with Crippen molar-refractivity contribution in [3.63, 3.8) is 0 Å². The Bertz CT molecular complexity index is 1050. The molecule has 1 aromatic heterocycles. The molecule has 2 aromatic carbocycles. The number of hydrogen-bond donors (Lipinski definition) is 1. The average Bonchev–Trinajstić information content (AvgIpc) is 3.21. The number of anilines is 2. The lowest BCUT2D eigenvalue weighted by atomic mass is 10.2. The molecule has 1 heterocycles. The minimum Gasteiger partial charge on any atom is -0.484 e. The normalized spacial score (nSPS) is 11.0. The fraction of sp³-hybridized carbons (Fsp3) is 0.375. The van der Waals surface area contributed by atoms with Crippen LogP contribution >= 0.6 is 23.4 Å². The molecule has 0 aliphatic heterocycles. The maximum absolute atomic E-state index is 12.5. The highest BCUT2D eigenvalue weighted by molar-refractivity contribution is 7.99. The summed E-state index contributed by atoms with van der Waals surface area (Å²) in [7, 11) is 3.96. The van der Waals surface area contributed by atoms with Gasteiger partial charge in [-0.3, -0.25) is 4.79 Å². The van der Waals surface area contributed by atoms with Gasteiger partial charge in [0.1, 0.15) is 12.4 Å². The van der Waals surface area contributed by atoms with Gasteiger partial charge in [-0.25, -0.2) is 0 Å². The Balaban J connectivity index is 1.67. The van der Waals surface area contributed by atoms with E-state index in [1.54, 1.807) is 6.07 Å². The van der Waals surface area contributed by atoms with E-state index >= 15 is 0 Å². The summed E-state index contributed by atoms with van der Waals surface area (Å²) in [4.78, 5) is 14.6. The zero-order valence-corrected chi connectivity index (χ0v) is 21.0. The van der Waals surface area contributed by atoms with Crippen molar-refractivity contribution in [2.75, 3.05) is 30.1 Å². The van der Waals surface area contributed by atoms with Crippen molar-refractivity contribution in [2.45, 2.75) is 44.5 Å². The van der Waals surface area contributed by atoms with Crippen LogP contribution < -0.4 is 15.0 Å². The van der Waals surface area contributed by atoms with Crippen LogP contribution in [0.2, 0.25) is 5.02 Å². The van der Waals surface area contributed by atoms with Crippen LogP contribution in [0.5, 0.6) is 5.75 Å². The van der Waals surface area contributed by atoms with Gasteiger partial charge >= 0.3 is 0 Å². The molecule has 1 amide bonds. The molecule has 9 heteroatoms. The van der Waals surface area contributed by atoms with Crippen LogP contribution in [0.15, 0.2) is 53.7 Å². The molecule has 3 aromatic rings. The predicted octanol–water partition coefficient (Wildman–Crippen LogP) is 5.67. The second-order valence-electron chi connectivity index (χ2n) is 7.74. The summed E-state index contributed by atoms with van der Waals surface area (Å²) in [6, 6.07) is 15.3. The lowest BCUT2D eigenvalue weighted by Gasteiger charge is -2.19. The van der Waals surface area contributed by atoms with Crippen LogP contribution in [0.1, 0.15) is 38.6 Å². The maximum Gasteiger partial charge on any atom is 0.234 e. The van der Waals surface area contributed by atoms with Crippen molar-refractivity contribution >= 4 is 40.6 Å². The first-order valence-electron chi connectivity index (χ1n) is 10.9. The van der Waals surface area contributed by atoms with Crippen molar-refractivity contribution < 1.29 is 9.53 Å². The summed E-state index contributed by atoms with van der Waals surface area (Å²) in [5.74, 6) is 1.46. The van der Waals surface area contributed by atoms with Gasteiger partial charge in [-0.2, -0.15) is 0 Å². The molecule has 1 N–H and O–H groups in total. The van der Waals surface area contributed by atoms with Crippen LogP contribution in [0, 0.1) is 0 Å². The van der Waals surface area contributed by atoms with Crippen LogP contribution in [0.3, 0.4) is 0 Å². The second kappa shape index (κ2) is 12.0. The van der Waals surface area contributed by atoms with Gasteiger partial charge in [-0.1, -0.05) is 49.3 Å². The van der Waals surface area contributed by atoms with Crippen LogP contribution in [-0.2, 0) is 11.4 Å². The lowest BCUT2D eigenvalue weighted by molar-refractivity contribution is -0.113. The average molecular weight is 488 g/mol. The van der Waals surface area contributed by atoms with E-state index in [9.17, 15) is 4.79 Å². The Morgan fingerprint density at radius 2 is 1.82 bits per heavy atom. The minimum absolute atomic E-state index is 0.0921. The number of ether oxygens (including phenoxy) is 1. The number of nitrogens with zero attached hydrogens (tertiary/aromatic N) is 4. The van der Waals surface area contributed by atoms with Gasteiger partial charge in [-0.05, 0) is 49.2 Å². The van der Waals surface area contributed by atoms with Crippen molar-refractivity contribution in [1.82, 2.24) is 14.8 Å². The number of carbonyl (C=O) groups is 1. The molecule has 33 heavy (non-hydrogen) atoms. The van der Waals surface area contributed by atoms with Gasteiger partial charge in [0, 0.05) is 31.5 Å². The van der Waals surface area contributed by atoms with E-state index in [0.717, 1.165) is 24.2 Å². The van der Waals surface area contributed by atoms with E-state index in [0.29, 0.717) is 21.8 Å². The number of aromatic nitrogens is 3. The number of carbonyl (C=O) groups excluding carboxylic acids is 1. The molecule has 0 bridgehead atoms. The number of hydrogen-bond acceptors (Lipinski definition) is 6. The van der Waals surface area contributed by atoms with Crippen LogP contribution in [-0.4, -0.2) is 40.5 Å². The minimum atomic E-state index is -0.0921. The third-order valence-electron chi connectivity index (χ3n) is 5.24. The van der Waals surface area contributed by atoms with Crippen molar-refractivity contribution in [2.24, 2.45) is 0 Å². The second-order valence-corrected chi connectivity index (χ2v) is 9.09. The van der Waals surface area contributed by atoms with Gasteiger partial charge in [-0.15, -0.1) is 10.2 Å². The van der Waals surface area contributed by atoms with Crippen molar-refractivity contribution in [3.05, 3.63) is 59.4 Å². The Kier molecular flexibility index (Phi) is 9.03. The van der Waals surface area contributed by atoms with Crippen LogP contribution in [0.25, 0.3) is 0 Å². The molecule has 0 radical (unpaired) electrons. The summed E-state index contributed by atoms with van der Waals surface area (Å²) in [5.41, 5.74) is 1.84. The summed E-state index contributed by atoms with van der Waals surface area (Å²) in [5, 5.41) is 12.9. The zero-order chi connectivity index (χ0) is 23.8. The fourth-order valence-electron chi connectivity index (χ4n) is 3.40. The summed E-state index contributed by atoms with van der Waals surface area (Å²) in [6.45, 7) is 4.51. The molecule has 0 aliphatic carbocycles. The number of benzene rings is 2. The van der Waals surface area contributed by atoms with Crippen molar-refractivity contribution in [1.29, 1.82) is 0 Å². The van der Waals surface area contributed by atoms with E-state index in [1.165, 1.54) is 11.8 Å². The predicted molar refractivity (Wildman–Crippen MR) is 136 cm³/mol. The topological polar surface area (TPSA) is 72.3 Å². The highest BCUT2D eigenvalue weighted by Crippen LogP contribution is 2.28. The largest absolute Gasteiger partial charge is 0.484 e. The first-order valence-corrected chi connectivity index (χ1v) is 12.3. The molecule has 0 unspecified atom stereocenters. The first kappa shape index (κ1) is 24.9. The van der Waals surface area contributed by atoms with E-state index in [1.807, 2.05) is 61.5 Å². The van der Waals surface area contributed by atoms with Gasteiger partial charge in [0.2, 0.25) is 5.91 Å². The number of halogens is 1. The number of thioether (sulfide) groups is 1. The van der Waals surface area contributed by atoms with Gasteiger partial charge in [0.25, 0.3) is 0 Å². The highest BCUT2D eigenvalue weighted by Gasteiger charge is 2.20. The number of para-hydroxylation sites is 1. The molecule has 7 nitrogen and oxygen atoms in total. The Morgan fingerprint density at radius 3 is 2.45 bits per heavy atom. The van der Waals surface area contributed by atoms with E-state index in [4.69, 9.17) is 16.3 Å². The Labute approximate surface area is 204 Å². The Hall–Kier alpha value is -2.71. The molecule has 3 rings (SSSR count). The highest BCUT2D eigenvalue weighted by atomic mass is 35.5. The van der Waals surface area contributed by atoms with E-state index in [-0.39, 0.29) is 24.3 Å². The molecule has 0 spiro atoms.